The molecule has 0 saturated carbocycles. The molecule has 4 aromatic rings. The van der Waals surface area contributed by atoms with Crippen molar-refractivity contribution in [2.45, 2.75) is 11.0 Å². The second-order valence-electron chi connectivity index (χ2n) is 5.85. The lowest BCUT2D eigenvalue weighted by molar-refractivity contribution is 0.411. The quantitative estimate of drug-likeness (QED) is 0.297. The Morgan fingerprint density at radius 1 is 1.03 bits per heavy atom. The normalized spacial score (nSPS) is 10.9. The molecule has 0 N–H and O–H groups in total. The molecule has 0 atom stereocenters. The van der Waals surface area contributed by atoms with Gasteiger partial charge in [0, 0.05) is 15.6 Å². The lowest BCUT2D eigenvalue weighted by atomic mass is 10.2. The fourth-order valence-corrected chi connectivity index (χ4v) is 4.64. The highest BCUT2D eigenvalue weighted by Crippen LogP contribution is 2.36. The van der Waals surface area contributed by atoms with E-state index in [9.17, 15) is 0 Å². The van der Waals surface area contributed by atoms with E-state index in [1.807, 2.05) is 47.8 Å². The summed E-state index contributed by atoms with van der Waals surface area (Å²) in [4.78, 5) is 4.72. The Hall–Kier alpha value is -2.36. The predicted molar refractivity (Wildman–Crippen MR) is 118 cm³/mol. The first-order valence-corrected chi connectivity index (χ1v) is 11.2. The first-order chi connectivity index (χ1) is 14.2. The molecule has 0 aliphatic rings. The lowest BCUT2D eigenvalue weighted by Gasteiger charge is -2.06. The minimum atomic E-state index is 0.433. The summed E-state index contributed by atoms with van der Waals surface area (Å²) >= 11 is 6.52. The van der Waals surface area contributed by atoms with Gasteiger partial charge in [0.2, 0.25) is 0 Å². The number of hydrogen-bond donors (Lipinski definition) is 0. The third-order valence-electron chi connectivity index (χ3n) is 4.03. The number of thioether (sulfide) groups is 1. The summed E-state index contributed by atoms with van der Waals surface area (Å²) in [6, 6.07) is 13.4. The molecule has 2 heterocycles. The molecular weight excluding hydrogens is 474 g/mol. The number of nitrogens with zero attached hydrogens (tertiary/aromatic N) is 3. The number of halogens is 1. The van der Waals surface area contributed by atoms with E-state index in [1.165, 1.54) is 11.8 Å². The Labute approximate surface area is 184 Å². The Morgan fingerprint density at radius 3 is 2.66 bits per heavy atom. The standard InChI is InChI=1S/C20H16BrN3O3S2/c1-25-16-6-4-3-5-14(16)18-23-24-20(27-18)29-11-13-10-28-19(22-13)15-9-12(21)7-8-17(15)26-2/h3-10H,11H2,1-2H3. The van der Waals surface area contributed by atoms with Gasteiger partial charge < -0.3 is 13.9 Å². The average molecular weight is 490 g/mol. The largest absolute Gasteiger partial charge is 0.496 e. The molecule has 0 fully saturated rings. The number of rotatable bonds is 7. The number of benzene rings is 2. The molecule has 2 aromatic heterocycles. The zero-order chi connectivity index (χ0) is 20.2. The third kappa shape index (κ3) is 4.47. The SMILES string of the molecule is COc1ccccc1-c1nnc(SCc2csc(-c3cc(Br)ccc3OC)n2)o1. The molecule has 4 rings (SSSR count). The summed E-state index contributed by atoms with van der Waals surface area (Å²) in [5.74, 6) is 2.54. The number of para-hydroxylation sites is 1. The van der Waals surface area contributed by atoms with E-state index >= 15 is 0 Å². The molecular formula is C20H16BrN3O3S2. The highest BCUT2D eigenvalue weighted by molar-refractivity contribution is 9.10. The van der Waals surface area contributed by atoms with Crippen molar-refractivity contribution in [3.63, 3.8) is 0 Å². The molecule has 148 valence electrons. The highest BCUT2D eigenvalue weighted by Gasteiger charge is 2.15. The number of ether oxygens (including phenoxy) is 2. The molecule has 29 heavy (non-hydrogen) atoms. The van der Waals surface area contributed by atoms with Gasteiger partial charge in [-0.2, -0.15) is 0 Å². The van der Waals surface area contributed by atoms with Crippen LogP contribution in [0.4, 0.5) is 0 Å². The van der Waals surface area contributed by atoms with Crippen molar-refractivity contribution in [1.29, 1.82) is 0 Å². The number of hydrogen-bond acceptors (Lipinski definition) is 8. The van der Waals surface area contributed by atoms with Crippen LogP contribution in [-0.4, -0.2) is 29.4 Å². The lowest BCUT2D eigenvalue weighted by Crippen LogP contribution is -1.88. The Balaban J connectivity index is 1.47. The summed E-state index contributed by atoms with van der Waals surface area (Å²) in [5, 5.41) is 11.7. The summed E-state index contributed by atoms with van der Waals surface area (Å²) < 4.78 is 17.6. The van der Waals surface area contributed by atoms with E-state index in [2.05, 4.69) is 26.1 Å². The maximum absolute atomic E-state index is 5.79. The Kier molecular flexibility index (Phi) is 6.17. The highest BCUT2D eigenvalue weighted by atomic mass is 79.9. The first-order valence-electron chi connectivity index (χ1n) is 8.56. The second kappa shape index (κ2) is 8.98. The fraction of sp³-hybridized carbons (Fsp3) is 0.150. The van der Waals surface area contributed by atoms with Crippen molar-refractivity contribution in [3.05, 3.63) is 58.0 Å². The zero-order valence-corrected chi connectivity index (χ0v) is 18.8. The summed E-state index contributed by atoms with van der Waals surface area (Å²) in [6.07, 6.45) is 0. The van der Waals surface area contributed by atoms with Crippen LogP contribution in [0.25, 0.3) is 22.0 Å². The molecule has 9 heteroatoms. The van der Waals surface area contributed by atoms with E-state index in [4.69, 9.17) is 18.9 Å². The van der Waals surface area contributed by atoms with Gasteiger partial charge in [-0.05, 0) is 30.3 Å². The molecule has 0 aliphatic carbocycles. The third-order valence-corrected chi connectivity index (χ3v) is 6.30. The van der Waals surface area contributed by atoms with Crippen LogP contribution in [-0.2, 0) is 5.75 Å². The van der Waals surface area contributed by atoms with Crippen LogP contribution in [0, 0.1) is 0 Å². The van der Waals surface area contributed by atoms with E-state index < -0.39 is 0 Å². The van der Waals surface area contributed by atoms with Crippen LogP contribution in [0.2, 0.25) is 0 Å². The van der Waals surface area contributed by atoms with Crippen molar-refractivity contribution in [3.8, 4) is 33.5 Å². The topological polar surface area (TPSA) is 70.3 Å². The van der Waals surface area contributed by atoms with Gasteiger partial charge in [-0.15, -0.1) is 21.5 Å². The van der Waals surface area contributed by atoms with E-state index in [1.54, 1.807) is 25.6 Å². The zero-order valence-electron chi connectivity index (χ0n) is 15.6. The number of thiazole rings is 1. The van der Waals surface area contributed by atoms with Gasteiger partial charge in [0.15, 0.2) is 0 Å². The number of methoxy groups -OCH3 is 2. The molecule has 0 bridgehead atoms. The maximum atomic E-state index is 5.79. The summed E-state index contributed by atoms with van der Waals surface area (Å²) in [6.45, 7) is 0. The summed E-state index contributed by atoms with van der Waals surface area (Å²) in [5.41, 5.74) is 2.67. The smallest absolute Gasteiger partial charge is 0.277 e. The number of aromatic nitrogens is 3. The molecule has 0 aliphatic heterocycles. The van der Waals surface area contributed by atoms with Gasteiger partial charge in [0.25, 0.3) is 11.1 Å². The van der Waals surface area contributed by atoms with Crippen LogP contribution < -0.4 is 9.47 Å². The molecule has 6 nitrogen and oxygen atoms in total. The van der Waals surface area contributed by atoms with Crippen LogP contribution in [0.15, 0.2) is 62.0 Å². The van der Waals surface area contributed by atoms with Crippen LogP contribution in [0.1, 0.15) is 5.69 Å². The molecule has 0 spiro atoms. The Morgan fingerprint density at radius 2 is 1.83 bits per heavy atom. The average Bonchev–Trinajstić information content (AvgIpc) is 3.42. The van der Waals surface area contributed by atoms with Crippen LogP contribution in [0.3, 0.4) is 0 Å². The van der Waals surface area contributed by atoms with Crippen molar-refractivity contribution >= 4 is 39.0 Å². The van der Waals surface area contributed by atoms with Gasteiger partial charge >= 0.3 is 0 Å². The molecule has 0 unspecified atom stereocenters. The van der Waals surface area contributed by atoms with E-state index in [0.29, 0.717) is 22.6 Å². The van der Waals surface area contributed by atoms with Gasteiger partial charge in [-0.1, -0.05) is 39.8 Å². The van der Waals surface area contributed by atoms with E-state index in [0.717, 1.165) is 32.1 Å². The molecule has 0 saturated heterocycles. The van der Waals surface area contributed by atoms with Crippen molar-refractivity contribution in [2.75, 3.05) is 14.2 Å². The summed E-state index contributed by atoms with van der Waals surface area (Å²) in [7, 11) is 3.27. The molecule has 0 radical (unpaired) electrons. The van der Waals surface area contributed by atoms with E-state index in [-0.39, 0.29) is 0 Å². The van der Waals surface area contributed by atoms with Gasteiger partial charge in [-0.25, -0.2) is 4.98 Å². The first kappa shape index (κ1) is 19.9. The van der Waals surface area contributed by atoms with Crippen LogP contribution in [0.5, 0.6) is 11.5 Å². The van der Waals surface area contributed by atoms with Gasteiger partial charge in [0.05, 0.1) is 31.0 Å². The van der Waals surface area contributed by atoms with Crippen LogP contribution >= 0.6 is 39.0 Å². The van der Waals surface area contributed by atoms with Crippen molar-refractivity contribution < 1.29 is 13.9 Å². The van der Waals surface area contributed by atoms with Gasteiger partial charge in [-0.3, -0.25) is 0 Å². The van der Waals surface area contributed by atoms with Crippen molar-refractivity contribution in [1.82, 2.24) is 15.2 Å². The van der Waals surface area contributed by atoms with Gasteiger partial charge in [0.1, 0.15) is 16.5 Å². The predicted octanol–water partition coefficient (Wildman–Crippen LogP) is 5.93. The fourth-order valence-electron chi connectivity index (χ4n) is 2.68. The van der Waals surface area contributed by atoms with Crippen molar-refractivity contribution in [2.24, 2.45) is 0 Å². The minimum Gasteiger partial charge on any atom is -0.496 e. The molecule has 2 aromatic carbocycles. The monoisotopic (exact) mass is 489 g/mol. The Bertz CT molecular complexity index is 1130. The minimum absolute atomic E-state index is 0.433. The molecule has 0 amide bonds. The maximum Gasteiger partial charge on any atom is 0.277 e. The second-order valence-corrected chi connectivity index (χ2v) is 8.55.